The highest BCUT2D eigenvalue weighted by molar-refractivity contribution is 5.87. The minimum atomic E-state index is -3.33. The van der Waals surface area contributed by atoms with Gasteiger partial charge >= 0.3 is 11.8 Å². The number of ketones is 6. The molecule has 1 aromatic heterocycles. The number of terminal acetylenes is 2. The van der Waals surface area contributed by atoms with Crippen molar-refractivity contribution < 1.29 is 65.5 Å². The monoisotopic (exact) mass is 1490 g/mol. The van der Waals surface area contributed by atoms with Crippen molar-refractivity contribution in [2.45, 2.75) is 337 Å². The summed E-state index contributed by atoms with van der Waals surface area (Å²) in [7, 11) is 0. The van der Waals surface area contributed by atoms with Gasteiger partial charge in [-0.2, -0.15) is 19.0 Å². The number of imidazole rings is 1. The van der Waals surface area contributed by atoms with Gasteiger partial charge in [-0.3, -0.25) is 33.3 Å². The second-order valence-electron chi connectivity index (χ2n) is 31.5. The number of carbonyl (C=O) groups excluding carboxylic acids is 10. The smallest absolute Gasteiger partial charge is 0.327 e. The number of carbonyl (C=O) groups is 10. The third-order valence-electron chi connectivity index (χ3n) is 14.0. The fourth-order valence-corrected chi connectivity index (χ4v) is 6.95. The van der Waals surface area contributed by atoms with E-state index in [1.54, 1.807) is 34.6 Å². The van der Waals surface area contributed by atoms with Crippen molar-refractivity contribution >= 4 is 58.3 Å². The number of rotatable bonds is 30. The molecule has 2 rings (SSSR count). The van der Waals surface area contributed by atoms with Gasteiger partial charge in [-0.05, 0) is 101 Å². The molecule has 0 saturated heterocycles. The van der Waals surface area contributed by atoms with Crippen molar-refractivity contribution in [1.29, 1.82) is 0 Å². The lowest BCUT2D eigenvalue weighted by molar-refractivity contribution is -0.135. The van der Waals surface area contributed by atoms with Crippen molar-refractivity contribution in [1.82, 2.24) is 25.1 Å². The van der Waals surface area contributed by atoms with Crippen LogP contribution in [0, 0.1) is 95.2 Å². The lowest BCUT2D eigenvalue weighted by Crippen LogP contribution is -2.37. The maximum absolute atomic E-state index is 13.1. The zero-order chi connectivity index (χ0) is 83.4. The Balaban J connectivity index is -0.000000122. The molecule has 0 aliphatic carbocycles. The Labute approximate surface area is 633 Å². The normalized spacial score (nSPS) is 11.3. The highest BCUT2D eigenvalue weighted by atomic mass is 19.3. The average Bonchev–Trinajstić information content (AvgIpc) is 0.960. The van der Waals surface area contributed by atoms with Gasteiger partial charge in [0, 0.05) is 101 Å². The van der Waals surface area contributed by atoms with Crippen LogP contribution in [0.3, 0.4) is 0 Å². The first-order chi connectivity index (χ1) is 46.7. The van der Waals surface area contributed by atoms with E-state index in [-0.39, 0.29) is 91.7 Å². The third kappa shape index (κ3) is 93.8. The standard InChI is InChI=1S/C18H28N4O3.C8H10F2N2O.C8H13NO.C7H16.C6H12F2.4C6H12O.C6H14.C5H10O.CH4/c1-5-11-22(17(25)8-9-18(4)20-21-18)13-15(23)7-6-10-19-16(24)12-14(2)3;1-6(2)8(9,10)7(13)12-4-3-11-5-12;1-4-5-9-8(10)6-7(2)3;1-6(2)7(3,4)5;1-4-6(7,8)5(2)3;4*1-5(2)4-6(3)7;1-4-5-6(2)3;1-4(2)5(3)6;/h1,14H,6-13H2,2-4H3,(H,19,24);3-6H,1-2H3;1,7H,5-6H2,2-3H3,(H,9,10);6H,1-5H3;5H,4H2,1-3H3;4*5H,4H2,1-3H3;6H,4-5H2,1-3H3;4H,1-3H3;1H4. The first kappa shape index (κ1) is 119. The Morgan fingerprint density at radius 3 is 1.12 bits per heavy atom. The molecule has 0 spiro atoms. The molecular formula is C83H155F4N7O10. The van der Waals surface area contributed by atoms with Crippen LogP contribution in [0.1, 0.15) is 324 Å². The minimum absolute atomic E-state index is 0. The molecule has 2 N–H and O–H groups in total. The lowest BCUT2D eigenvalue weighted by Gasteiger charge is -2.22. The van der Waals surface area contributed by atoms with Crippen LogP contribution in [0.5, 0.6) is 0 Å². The van der Waals surface area contributed by atoms with Crippen molar-refractivity contribution in [3.8, 4) is 24.7 Å². The molecule has 2 heterocycles. The predicted octanol–water partition coefficient (Wildman–Crippen LogP) is 20.7. The molecule has 1 aromatic rings. The third-order valence-corrected chi connectivity index (χ3v) is 14.0. The average molecular weight is 1490 g/mol. The number of halogens is 4. The highest BCUT2D eigenvalue weighted by Gasteiger charge is 2.43. The molecule has 104 heavy (non-hydrogen) atoms. The molecule has 0 saturated carbocycles. The maximum atomic E-state index is 13.1. The molecule has 3 amide bonds. The molecule has 610 valence electrons. The minimum Gasteiger partial charge on any atom is -0.356 e. The fraction of sp³-hybridized carbons (Fsp3) is 0.795. The quantitative estimate of drug-likeness (QED) is 0.0417. The van der Waals surface area contributed by atoms with Crippen LogP contribution in [0.25, 0.3) is 0 Å². The molecule has 1 aliphatic heterocycles. The molecule has 0 fully saturated rings. The number of nitrogens with zero attached hydrogens (tertiary/aromatic N) is 5. The summed E-state index contributed by atoms with van der Waals surface area (Å²) < 4.78 is 51.6. The summed E-state index contributed by atoms with van der Waals surface area (Å²) >= 11 is 0. The molecule has 0 radical (unpaired) electrons. The topological polar surface area (TPSA) is 241 Å². The second kappa shape index (κ2) is 68.6. The van der Waals surface area contributed by atoms with Crippen LogP contribution in [-0.2, 0) is 43.2 Å². The van der Waals surface area contributed by atoms with Crippen LogP contribution in [0.15, 0.2) is 28.9 Å². The van der Waals surface area contributed by atoms with Gasteiger partial charge in [-0.1, -0.05) is 219 Å². The largest absolute Gasteiger partial charge is 0.356 e. The van der Waals surface area contributed by atoms with Gasteiger partial charge < -0.3 is 34.7 Å². The Morgan fingerprint density at radius 2 is 0.913 bits per heavy atom. The number of aromatic nitrogens is 2. The second-order valence-corrected chi connectivity index (χ2v) is 31.5. The molecule has 17 nitrogen and oxygen atoms in total. The Hall–Kier alpha value is -6.25. The summed E-state index contributed by atoms with van der Waals surface area (Å²) in [6.07, 6.45) is 22.0. The molecule has 1 aliphatic rings. The summed E-state index contributed by atoms with van der Waals surface area (Å²) in [6.45, 7) is 64.1. The summed E-state index contributed by atoms with van der Waals surface area (Å²) in [5.41, 5.74) is 0.0652. The maximum Gasteiger partial charge on any atom is 0.327 e. The van der Waals surface area contributed by atoms with E-state index in [0.29, 0.717) is 86.1 Å². The molecule has 0 unspecified atom stereocenters. The van der Waals surface area contributed by atoms with E-state index in [1.165, 1.54) is 64.8 Å². The van der Waals surface area contributed by atoms with Crippen LogP contribution in [-0.4, -0.2) is 116 Å². The summed E-state index contributed by atoms with van der Waals surface area (Å²) in [6, 6.07) is 0. The van der Waals surface area contributed by atoms with E-state index in [1.807, 2.05) is 104 Å². The van der Waals surface area contributed by atoms with Gasteiger partial charge in [0.2, 0.25) is 23.6 Å². The number of alkyl halides is 4. The van der Waals surface area contributed by atoms with Gasteiger partial charge in [0.15, 0.2) is 11.4 Å². The molecule has 0 bridgehead atoms. The van der Waals surface area contributed by atoms with Crippen LogP contribution >= 0.6 is 0 Å². The van der Waals surface area contributed by atoms with Crippen molar-refractivity contribution in [3.63, 3.8) is 0 Å². The van der Waals surface area contributed by atoms with E-state index >= 15 is 0 Å². The van der Waals surface area contributed by atoms with Crippen LogP contribution in [0.4, 0.5) is 17.6 Å². The Kier molecular flexibility index (Phi) is 78.3. The zero-order valence-electron chi connectivity index (χ0n) is 71.1. The van der Waals surface area contributed by atoms with E-state index < -0.39 is 35.3 Å². The summed E-state index contributed by atoms with van der Waals surface area (Å²) in [4.78, 5) is 114. The zero-order valence-corrected chi connectivity index (χ0v) is 71.1. The fourth-order valence-electron chi connectivity index (χ4n) is 6.95. The lowest BCUT2D eigenvalue weighted by atomic mass is 9.84. The predicted molar refractivity (Wildman–Crippen MR) is 425 cm³/mol. The van der Waals surface area contributed by atoms with Crippen molar-refractivity contribution in [2.75, 3.05) is 26.2 Å². The molecular weight excluding hydrogens is 1330 g/mol. The van der Waals surface area contributed by atoms with Gasteiger partial charge in [-0.25, -0.2) is 13.8 Å². The number of nitrogens with one attached hydrogen (secondary N) is 2. The van der Waals surface area contributed by atoms with Gasteiger partial charge in [0.25, 0.3) is 0 Å². The van der Waals surface area contributed by atoms with E-state index in [4.69, 9.17) is 12.8 Å². The van der Waals surface area contributed by atoms with E-state index in [0.717, 1.165) is 48.4 Å². The van der Waals surface area contributed by atoms with Crippen LogP contribution in [0.2, 0.25) is 0 Å². The van der Waals surface area contributed by atoms with Crippen molar-refractivity contribution in [3.05, 3.63) is 18.7 Å². The first-order valence-electron chi connectivity index (χ1n) is 37.1. The first-order valence-corrected chi connectivity index (χ1v) is 37.1. The Bertz CT molecular complexity index is 2450. The van der Waals surface area contributed by atoms with Gasteiger partial charge in [0.05, 0.1) is 19.6 Å². The van der Waals surface area contributed by atoms with E-state index in [9.17, 15) is 65.5 Å². The Morgan fingerprint density at radius 1 is 0.548 bits per heavy atom. The van der Waals surface area contributed by atoms with E-state index in [2.05, 4.69) is 93.1 Å². The molecule has 21 heteroatoms. The SMILES string of the molecule is C.C#CCN(CC(=O)CCCNC(=O)CC(C)C)C(=O)CCC1(C)N=N1.C#CCNC(=O)CC(C)C.CC(=O)C(C)C.CC(=O)CC(C)C.CC(=O)CC(C)C.CC(=O)CC(C)C.CC(=O)CC(C)C.CC(C)C(C)(C)C.CC(C)C(F)(F)C(=O)n1ccnc1.CCC(F)(F)C(C)C.CCCC(C)C. The number of hydrogen-bond donors (Lipinski definition) is 2. The molecule has 0 atom stereocenters. The summed E-state index contributed by atoms with van der Waals surface area (Å²) in [5.74, 6) is 2.14. The van der Waals surface area contributed by atoms with Gasteiger partial charge in [-0.15, -0.1) is 12.8 Å². The number of amides is 3. The number of hydrogen-bond acceptors (Lipinski definition) is 13. The van der Waals surface area contributed by atoms with Crippen molar-refractivity contribution in [2.24, 2.45) is 80.7 Å². The van der Waals surface area contributed by atoms with Gasteiger partial charge in [0.1, 0.15) is 35.2 Å². The van der Waals surface area contributed by atoms with Crippen LogP contribution < -0.4 is 10.6 Å². The molecule has 0 aromatic carbocycles. The number of Topliss-reactive ketones (excluding diaryl/α,β-unsaturated/α-hetero) is 6. The summed E-state index contributed by atoms with van der Waals surface area (Å²) in [5, 5.41) is 13.1. The highest BCUT2D eigenvalue weighted by Crippen LogP contribution is 2.32.